The van der Waals surface area contributed by atoms with Crippen molar-refractivity contribution in [1.82, 2.24) is 15.2 Å². The van der Waals surface area contributed by atoms with Gasteiger partial charge in [-0.1, -0.05) is 5.16 Å². The Morgan fingerprint density at radius 1 is 1.44 bits per heavy atom. The molecule has 0 aromatic carbocycles. The summed E-state index contributed by atoms with van der Waals surface area (Å²) in [5, 5.41) is 20.2. The number of carbonyl (C=O) groups excluding carboxylic acids is 1. The van der Waals surface area contributed by atoms with Crippen LogP contribution in [0.3, 0.4) is 0 Å². The number of nitrogens with zero attached hydrogens (tertiary/aromatic N) is 3. The van der Waals surface area contributed by atoms with Crippen LogP contribution in [0.1, 0.15) is 16.1 Å². The zero-order valence-corrected chi connectivity index (χ0v) is 9.16. The first-order valence-corrected chi connectivity index (χ1v) is 4.95. The Labute approximate surface area is 102 Å². The molecule has 1 amide bonds. The summed E-state index contributed by atoms with van der Waals surface area (Å²) in [6.45, 7) is 0. The molecule has 2 rings (SSSR count). The molecule has 0 aliphatic carbocycles. The third kappa shape index (κ3) is 2.43. The second kappa shape index (κ2) is 4.95. The van der Waals surface area contributed by atoms with Gasteiger partial charge in [0, 0.05) is 18.0 Å². The maximum absolute atomic E-state index is 11.7. The second-order valence-corrected chi connectivity index (χ2v) is 3.36. The predicted octanol–water partition coefficient (Wildman–Crippen LogP) is 0.151. The van der Waals surface area contributed by atoms with Crippen molar-refractivity contribution in [2.75, 3.05) is 5.32 Å². The molecule has 18 heavy (non-hydrogen) atoms. The van der Waals surface area contributed by atoms with Crippen LogP contribution in [-0.4, -0.2) is 32.1 Å². The lowest BCUT2D eigenvalue weighted by molar-refractivity contribution is 0.102. The van der Waals surface area contributed by atoms with Crippen LogP contribution in [0.15, 0.2) is 35.9 Å². The first-order chi connectivity index (χ1) is 8.70. The molecule has 0 aliphatic heterocycles. The number of H-pyrrole nitrogens is 1. The number of pyridine rings is 1. The van der Waals surface area contributed by atoms with Gasteiger partial charge >= 0.3 is 0 Å². The van der Waals surface area contributed by atoms with Crippen LogP contribution in [0.5, 0.6) is 0 Å². The van der Waals surface area contributed by atoms with E-state index in [2.05, 4.69) is 25.7 Å². The van der Waals surface area contributed by atoms with Crippen LogP contribution in [0.25, 0.3) is 0 Å². The van der Waals surface area contributed by atoms with Crippen LogP contribution in [0.2, 0.25) is 0 Å². The van der Waals surface area contributed by atoms with Crippen LogP contribution < -0.4 is 11.1 Å². The van der Waals surface area contributed by atoms with Gasteiger partial charge in [0.05, 0.1) is 11.9 Å². The van der Waals surface area contributed by atoms with Gasteiger partial charge in [-0.05, 0) is 12.1 Å². The van der Waals surface area contributed by atoms with Gasteiger partial charge in [0.2, 0.25) is 0 Å². The summed E-state index contributed by atoms with van der Waals surface area (Å²) in [5.74, 6) is -0.438. The maximum Gasteiger partial charge on any atom is 0.274 e. The molecule has 8 heteroatoms. The molecule has 0 saturated heterocycles. The van der Waals surface area contributed by atoms with E-state index in [-0.39, 0.29) is 17.4 Å². The molecule has 92 valence electrons. The normalized spacial score (nSPS) is 11.2. The molecule has 0 aliphatic rings. The van der Waals surface area contributed by atoms with Gasteiger partial charge in [-0.15, -0.1) is 0 Å². The van der Waals surface area contributed by atoms with E-state index in [1.165, 1.54) is 24.5 Å². The highest BCUT2D eigenvalue weighted by Crippen LogP contribution is 2.05. The monoisotopic (exact) mass is 246 g/mol. The Morgan fingerprint density at radius 3 is 2.83 bits per heavy atom. The SMILES string of the molecule is NC(=NO)c1ccc(C(=O)Nc2cn[nH]c2)nc1. The Hall–Kier alpha value is -2.90. The first kappa shape index (κ1) is 11.6. The summed E-state index contributed by atoms with van der Waals surface area (Å²) in [7, 11) is 0. The lowest BCUT2D eigenvalue weighted by Gasteiger charge is -2.02. The van der Waals surface area contributed by atoms with Crippen molar-refractivity contribution < 1.29 is 10.0 Å². The fourth-order valence-corrected chi connectivity index (χ4v) is 1.25. The summed E-state index contributed by atoms with van der Waals surface area (Å²) >= 11 is 0. The molecule has 0 bridgehead atoms. The highest BCUT2D eigenvalue weighted by atomic mass is 16.4. The fourth-order valence-electron chi connectivity index (χ4n) is 1.25. The number of oxime groups is 1. The van der Waals surface area contributed by atoms with Crippen LogP contribution in [-0.2, 0) is 0 Å². The minimum atomic E-state index is -0.373. The van der Waals surface area contributed by atoms with Crippen molar-refractivity contribution in [1.29, 1.82) is 0 Å². The number of hydrogen-bond donors (Lipinski definition) is 4. The minimum Gasteiger partial charge on any atom is -0.409 e. The summed E-state index contributed by atoms with van der Waals surface area (Å²) < 4.78 is 0. The molecule has 0 fully saturated rings. The van der Waals surface area contributed by atoms with Crippen LogP contribution >= 0.6 is 0 Å². The van der Waals surface area contributed by atoms with Gasteiger partial charge in [-0.2, -0.15) is 5.10 Å². The summed E-state index contributed by atoms with van der Waals surface area (Å²) in [4.78, 5) is 15.7. The number of nitrogens with two attached hydrogens (primary N) is 1. The Kier molecular flexibility index (Phi) is 3.19. The Balaban J connectivity index is 2.12. The number of anilines is 1. The molecular formula is C10H10N6O2. The zero-order chi connectivity index (χ0) is 13.0. The largest absolute Gasteiger partial charge is 0.409 e. The molecule has 2 aromatic heterocycles. The molecule has 2 aromatic rings. The van der Waals surface area contributed by atoms with Gasteiger partial charge in [0.25, 0.3) is 5.91 Å². The van der Waals surface area contributed by atoms with Gasteiger partial charge in [0.15, 0.2) is 5.84 Å². The van der Waals surface area contributed by atoms with Gasteiger partial charge in [-0.25, -0.2) is 0 Å². The number of carbonyl (C=O) groups is 1. The first-order valence-electron chi connectivity index (χ1n) is 4.95. The molecule has 0 radical (unpaired) electrons. The number of nitrogens with one attached hydrogen (secondary N) is 2. The molecule has 0 saturated carbocycles. The summed E-state index contributed by atoms with van der Waals surface area (Å²) in [6.07, 6.45) is 4.37. The standard InChI is InChI=1S/C10H10N6O2/c11-9(16-18)6-1-2-8(12-3-6)10(17)15-7-4-13-14-5-7/h1-5,18H,(H2,11,16)(H,13,14)(H,15,17). The van der Waals surface area contributed by atoms with Crippen LogP contribution in [0, 0.1) is 0 Å². The number of aromatic amines is 1. The molecule has 2 heterocycles. The van der Waals surface area contributed by atoms with Crippen molar-refractivity contribution in [3.63, 3.8) is 0 Å². The lowest BCUT2D eigenvalue weighted by atomic mass is 10.2. The highest BCUT2D eigenvalue weighted by Gasteiger charge is 2.09. The molecule has 5 N–H and O–H groups in total. The average Bonchev–Trinajstić information content (AvgIpc) is 2.91. The van der Waals surface area contributed by atoms with E-state index in [1.807, 2.05) is 0 Å². The number of rotatable bonds is 3. The van der Waals surface area contributed by atoms with Crippen LogP contribution in [0.4, 0.5) is 5.69 Å². The van der Waals surface area contributed by atoms with Crippen molar-refractivity contribution in [3.05, 3.63) is 42.0 Å². The molecule has 8 nitrogen and oxygen atoms in total. The minimum absolute atomic E-state index is 0.0655. The Bertz CT molecular complexity index is 561. The topological polar surface area (TPSA) is 129 Å². The van der Waals surface area contributed by atoms with E-state index in [4.69, 9.17) is 10.9 Å². The van der Waals surface area contributed by atoms with E-state index in [0.717, 1.165) is 0 Å². The summed E-state index contributed by atoms with van der Waals surface area (Å²) in [6, 6.07) is 3.01. The van der Waals surface area contributed by atoms with E-state index in [1.54, 1.807) is 6.20 Å². The molecule has 0 atom stereocenters. The quantitative estimate of drug-likeness (QED) is 0.265. The number of hydrogen-bond acceptors (Lipinski definition) is 5. The van der Waals surface area contributed by atoms with Crippen molar-refractivity contribution in [3.8, 4) is 0 Å². The average molecular weight is 246 g/mol. The zero-order valence-electron chi connectivity index (χ0n) is 9.16. The summed E-state index contributed by atoms with van der Waals surface area (Å²) in [5.41, 5.74) is 6.56. The number of amidine groups is 1. The molecule has 0 unspecified atom stereocenters. The van der Waals surface area contributed by atoms with E-state index >= 15 is 0 Å². The molecule has 0 spiro atoms. The number of aromatic nitrogens is 3. The van der Waals surface area contributed by atoms with Gasteiger partial charge in [0.1, 0.15) is 5.69 Å². The third-order valence-electron chi connectivity index (χ3n) is 2.16. The van der Waals surface area contributed by atoms with E-state index in [9.17, 15) is 4.79 Å². The van der Waals surface area contributed by atoms with Crippen molar-refractivity contribution >= 4 is 17.4 Å². The van der Waals surface area contributed by atoms with Gasteiger partial charge < -0.3 is 16.3 Å². The lowest BCUT2D eigenvalue weighted by Crippen LogP contribution is -2.16. The molecular weight excluding hydrogens is 236 g/mol. The maximum atomic E-state index is 11.7. The van der Waals surface area contributed by atoms with Crippen molar-refractivity contribution in [2.45, 2.75) is 0 Å². The third-order valence-corrected chi connectivity index (χ3v) is 2.16. The number of amides is 1. The predicted molar refractivity (Wildman–Crippen MR) is 63.3 cm³/mol. The highest BCUT2D eigenvalue weighted by molar-refractivity contribution is 6.03. The smallest absolute Gasteiger partial charge is 0.274 e. The van der Waals surface area contributed by atoms with Gasteiger partial charge in [-0.3, -0.25) is 14.9 Å². The van der Waals surface area contributed by atoms with Crippen molar-refractivity contribution in [2.24, 2.45) is 10.9 Å². The van der Waals surface area contributed by atoms with E-state index in [0.29, 0.717) is 11.3 Å². The Morgan fingerprint density at radius 2 is 2.28 bits per heavy atom. The second-order valence-electron chi connectivity index (χ2n) is 3.36. The fraction of sp³-hybridized carbons (Fsp3) is 0. The van der Waals surface area contributed by atoms with E-state index < -0.39 is 0 Å².